The van der Waals surface area contributed by atoms with Gasteiger partial charge in [0.15, 0.2) is 0 Å². The lowest BCUT2D eigenvalue weighted by Crippen LogP contribution is -2.17. The van der Waals surface area contributed by atoms with E-state index < -0.39 is 0 Å². The van der Waals surface area contributed by atoms with Crippen molar-refractivity contribution in [2.75, 3.05) is 13.2 Å². The summed E-state index contributed by atoms with van der Waals surface area (Å²) in [5, 5.41) is 0. The second-order valence-electron chi connectivity index (χ2n) is 3.41. The molecule has 0 aromatic carbocycles. The summed E-state index contributed by atoms with van der Waals surface area (Å²) in [4.78, 5) is 10.6. The van der Waals surface area contributed by atoms with Crippen LogP contribution in [0.2, 0.25) is 0 Å². The van der Waals surface area contributed by atoms with E-state index in [1.165, 1.54) is 0 Å². The molecule has 0 bridgehead atoms. The van der Waals surface area contributed by atoms with E-state index in [9.17, 15) is 4.79 Å². The van der Waals surface area contributed by atoms with Crippen LogP contribution in [0, 0.1) is 11.3 Å². The third-order valence-electron chi connectivity index (χ3n) is 2.80. The third kappa shape index (κ3) is 0.788. The molecule has 1 heterocycles. The molecule has 2 nitrogen and oxygen atoms in total. The van der Waals surface area contributed by atoms with E-state index in [0.29, 0.717) is 5.92 Å². The number of hydrogen-bond acceptors (Lipinski definition) is 2. The van der Waals surface area contributed by atoms with Crippen LogP contribution in [-0.2, 0) is 9.53 Å². The molecular formula is C8H12O2. The van der Waals surface area contributed by atoms with Crippen molar-refractivity contribution in [3.05, 3.63) is 0 Å². The summed E-state index contributed by atoms with van der Waals surface area (Å²) in [5.41, 5.74) is 0.0660. The fourth-order valence-electron chi connectivity index (χ4n) is 1.75. The molecule has 1 unspecified atom stereocenters. The number of rotatable bonds is 2. The maximum absolute atomic E-state index is 10.6. The first-order valence-electron chi connectivity index (χ1n) is 3.91. The van der Waals surface area contributed by atoms with E-state index in [2.05, 4.69) is 0 Å². The van der Waals surface area contributed by atoms with Crippen LogP contribution < -0.4 is 0 Å². The third-order valence-corrected chi connectivity index (χ3v) is 2.80. The van der Waals surface area contributed by atoms with Crippen molar-refractivity contribution in [1.29, 1.82) is 0 Å². The second kappa shape index (κ2) is 2.06. The van der Waals surface area contributed by atoms with Gasteiger partial charge in [-0.25, -0.2) is 0 Å². The molecule has 1 atom stereocenters. The molecule has 10 heavy (non-hydrogen) atoms. The van der Waals surface area contributed by atoms with Gasteiger partial charge in [-0.15, -0.1) is 0 Å². The van der Waals surface area contributed by atoms with Crippen molar-refractivity contribution < 1.29 is 9.53 Å². The summed E-state index contributed by atoms with van der Waals surface area (Å²) in [6.07, 6.45) is 4.44. The Kier molecular flexibility index (Phi) is 1.31. The molecule has 0 aromatic rings. The van der Waals surface area contributed by atoms with E-state index in [1.807, 2.05) is 0 Å². The van der Waals surface area contributed by atoms with Crippen molar-refractivity contribution >= 4 is 6.29 Å². The zero-order valence-electron chi connectivity index (χ0n) is 6.01. The van der Waals surface area contributed by atoms with E-state index in [4.69, 9.17) is 4.74 Å². The van der Waals surface area contributed by atoms with E-state index >= 15 is 0 Å². The van der Waals surface area contributed by atoms with Crippen molar-refractivity contribution in [3.8, 4) is 0 Å². The van der Waals surface area contributed by atoms with Gasteiger partial charge in [0.1, 0.15) is 6.29 Å². The molecular weight excluding hydrogens is 128 g/mol. The fraction of sp³-hybridized carbons (Fsp3) is 0.875. The highest BCUT2D eigenvalue weighted by Crippen LogP contribution is 2.52. The Morgan fingerprint density at radius 2 is 2.30 bits per heavy atom. The molecule has 1 saturated carbocycles. The van der Waals surface area contributed by atoms with Gasteiger partial charge < -0.3 is 9.53 Å². The Morgan fingerprint density at radius 1 is 1.50 bits per heavy atom. The number of hydrogen-bond donors (Lipinski definition) is 0. The molecule has 2 rings (SSSR count). The van der Waals surface area contributed by atoms with Gasteiger partial charge in [-0.2, -0.15) is 0 Å². The van der Waals surface area contributed by atoms with E-state index in [1.54, 1.807) is 0 Å². The van der Waals surface area contributed by atoms with Crippen LogP contribution in [0.3, 0.4) is 0 Å². The lowest BCUT2D eigenvalue weighted by atomic mass is 9.90. The maximum Gasteiger partial charge on any atom is 0.126 e. The quantitative estimate of drug-likeness (QED) is 0.535. The molecule has 0 N–H and O–H groups in total. The zero-order valence-corrected chi connectivity index (χ0v) is 6.01. The smallest absolute Gasteiger partial charge is 0.126 e. The summed E-state index contributed by atoms with van der Waals surface area (Å²) in [6, 6.07) is 0. The van der Waals surface area contributed by atoms with Crippen LogP contribution in [0.5, 0.6) is 0 Å². The van der Waals surface area contributed by atoms with Crippen LogP contribution in [0.1, 0.15) is 19.3 Å². The predicted octanol–water partition coefficient (Wildman–Crippen LogP) is 1.00. The highest BCUT2D eigenvalue weighted by atomic mass is 16.5. The molecule has 2 aliphatic rings. The minimum Gasteiger partial charge on any atom is -0.381 e. The average molecular weight is 140 g/mol. The van der Waals surface area contributed by atoms with Crippen molar-refractivity contribution in [2.24, 2.45) is 11.3 Å². The molecule has 0 amide bonds. The summed E-state index contributed by atoms with van der Waals surface area (Å²) in [7, 11) is 0. The first kappa shape index (κ1) is 6.35. The molecule has 2 heteroatoms. The first-order chi connectivity index (χ1) is 4.87. The molecule has 1 saturated heterocycles. The van der Waals surface area contributed by atoms with Crippen molar-refractivity contribution in [1.82, 2.24) is 0 Å². The van der Waals surface area contributed by atoms with Crippen LogP contribution >= 0.6 is 0 Å². The maximum atomic E-state index is 10.6. The minimum absolute atomic E-state index is 0.0660. The topological polar surface area (TPSA) is 26.3 Å². The van der Waals surface area contributed by atoms with E-state index in [0.717, 1.165) is 38.8 Å². The minimum atomic E-state index is 0.0660. The van der Waals surface area contributed by atoms with Gasteiger partial charge in [0, 0.05) is 12.0 Å². The number of aldehydes is 1. The van der Waals surface area contributed by atoms with Gasteiger partial charge in [-0.05, 0) is 25.2 Å². The van der Waals surface area contributed by atoms with Gasteiger partial charge in [-0.3, -0.25) is 0 Å². The molecule has 1 aliphatic carbocycles. The predicted molar refractivity (Wildman–Crippen MR) is 36.7 cm³/mol. The lowest BCUT2D eigenvalue weighted by molar-refractivity contribution is -0.113. The molecule has 0 aromatic heterocycles. The van der Waals surface area contributed by atoms with Gasteiger partial charge in [0.2, 0.25) is 0 Å². The Labute approximate surface area is 60.6 Å². The molecule has 1 aliphatic heterocycles. The largest absolute Gasteiger partial charge is 0.381 e. The Balaban J connectivity index is 2.03. The fourth-order valence-corrected chi connectivity index (χ4v) is 1.75. The molecule has 0 spiro atoms. The zero-order chi connectivity index (χ0) is 7.03. The van der Waals surface area contributed by atoms with E-state index in [-0.39, 0.29) is 5.41 Å². The van der Waals surface area contributed by atoms with Crippen molar-refractivity contribution in [2.45, 2.75) is 19.3 Å². The summed E-state index contributed by atoms with van der Waals surface area (Å²) < 4.78 is 5.23. The van der Waals surface area contributed by atoms with Gasteiger partial charge in [-0.1, -0.05) is 0 Å². The highest BCUT2D eigenvalue weighted by molar-refractivity contribution is 5.64. The summed E-state index contributed by atoms with van der Waals surface area (Å²) >= 11 is 0. The van der Waals surface area contributed by atoms with Gasteiger partial charge in [0.25, 0.3) is 0 Å². The average Bonchev–Trinajstić information content (AvgIpc) is 2.58. The Hall–Kier alpha value is -0.370. The summed E-state index contributed by atoms with van der Waals surface area (Å²) in [6.45, 7) is 1.68. The summed E-state index contributed by atoms with van der Waals surface area (Å²) in [5.74, 6) is 0.546. The number of ether oxygens (including phenoxy) is 1. The Morgan fingerprint density at radius 3 is 2.70 bits per heavy atom. The first-order valence-corrected chi connectivity index (χ1v) is 3.91. The number of carbonyl (C=O) groups excluding carboxylic acids is 1. The van der Waals surface area contributed by atoms with Crippen LogP contribution in [0.25, 0.3) is 0 Å². The Bertz CT molecular complexity index is 143. The van der Waals surface area contributed by atoms with Gasteiger partial charge in [0.05, 0.1) is 6.61 Å². The standard InChI is InChI=1S/C8H12O2/c9-6-8(2-3-8)7-1-4-10-5-7/h6-7H,1-5H2. The van der Waals surface area contributed by atoms with Gasteiger partial charge >= 0.3 is 0 Å². The lowest BCUT2D eigenvalue weighted by Gasteiger charge is -2.12. The SMILES string of the molecule is O=CC1(C2CCOC2)CC1. The van der Waals surface area contributed by atoms with Crippen molar-refractivity contribution in [3.63, 3.8) is 0 Å². The monoisotopic (exact) mass is 140 g/mol. The number of carbonyl (C=O) groups is 1. The molecule has 2 fully saturated rings. The second-order valence-corrected chi connectivity index (χ2v) is 3.41. The van der Waals surface area contributed by atoms with Crippen LogP contribution in [-0.4, -0.2) is 19.5 Å². The van der Waals surface area contributed by atoms with Crippen LogP contribution in [0.4, 0.5) is 0 Å². The normalized spacial score (nSPS) is 35.8. The highest BCUT2D eigenvalue weighted by Gasteiger charge is 2.50. The molecule has 0 radical (unpaired) electrons. The molecule has 56 valence electrons. The van der Waals surface area contributed by atoms with Crippen LogP contribution in [0.15, 0.2) is 0 Å².